The molecule has 2 aromatic rings. The average Bonchev–Trinajstić information content (AvgIpc) is 2.89. The number of nitrogens with one attached hydrogen (secondary N) is 2. The summed E-state index contributed by atoms with van der Waals surface area (Å²) in [6.45, 7) is 10.3. The van der Waals surface area contributed by atoms with Crippen molar-refractivity contribution in [2.24, 2.45) is 11.3 Å². The third kappa shape index (κ3) is 11.9. The Morgan fingerprint density at radius 1 is 0.805 bits per heavy atom. The lowest BCUT2D eigenvalue weighted by Gasteiger charge is -2.22. The second kappa shape index (κ2) is 16.1. The van der Waals surface area contributed by atoms with E-state index in [0.29, 0.717) is 38.7 Å². The van der Waals surface area contributed by atoms with Crippen molar-refractivity contribution in [3.8, 4) is 5.75 Å². The topological polar surface area (TPSA) is 103 Å². The molecule has 0 radical (unpaired) electrons. The van der Waals surface area contributed by atoms with Crippen molar-refractivity contribution in [3.05, 3.63) is 64.7 Å². The van der Waals surface area contributed by atoms with Gasteiger partial charge in [-0.1, -0.05) is 27.7 Å². The van der Waals surface area contributed by atoms with Crippen LogP contribution in [0.5, 0.6) is 5.75 Å². The minimum absolute atomic E-state index is 0.00162. The molecule has 2 aromatic carbocycles. The zero-order valence-corrected chi connectivity index (χ0v) is 23.6. The average molecular weight is 585 g/mol. The first-order valence-electron chi connectivity index (χ1n) is 13.1. The summed E-state index contributed by atoms with van der Waals surface area (Å²) in [6, 6.07) is 4.85. The number of hydrogen-bond donors (Lipinski definition) is 2. The Bertz CT molecular complexity index is 1160. The van der Waals surface area contributed by atoms with Crippen LogP contribution in [0.2, 0.25) is 0 Å². The number of esters is 1. The molecule has 2 amide bonds. The summed E-state index contributed by atoms with van der Waals surface area (Å²) in [5.74, 6) is -10.1. The van der Waals surface area contributed by atoms with E-state index < -0.39 is 40.9 Å². The molecule has 1 unspecified atom stereocenters. The van der Waals surface area contributed by atoms with Crippen LogP contribution in [-0.2, 0) is 14.3 Å². The lowest BCUT2D eigenvalue weighted by molar-refractivity contribution is -0.122. The first-order valence-corrected chi connectivity index (χ1v) is 13.1. The zero-order valence-electron chi connectivity index (χ0n) is 23.6. The molecule has 0 spiro atoms. The van der Waals surface area contributed by atoms with Crippen molar-refractivity contribution < 1.29 is 46.2 Å². The van der Waals surface area contributed by atoms with Gasteiger partial charge in [0.2, 0.25) is 23.3 Å². The summed E-state index contributed by atoms with van der Waals surface area (Å²) in [5.41, 5.74) is 0.150. The maximum Gasteiger partial charge on any atom is 0.343 e. The SMILES string of the molecule is CC(CC(=O)NCCOCCOCCNC(=O)c1ccc(C(=O)Oc2c(F)c(F)cc(F)c2F)cc1)CC(C)(C)C. The molecule has 41 heavy (non-hydrogen) atoms. The number of carbonyl (C=O) groups is 3. The van der Waals surface area contributed by atoms with E-state index in [-0.39, 0.29) is 41.7 Å². The van der Waals surface area contributed by atoms with Gasteiger partial charge in [0.1, 0.15) is 0 Å². The normalized spacial score (nSPS) is 12.1. The van der Waals surface area contributed by atoms with E-state index in [1.807, 2.05) is 0 Å². The van der Waals surface area contributed by atoms with E-state index in [0.717, 1.165) is 18.6 Å². The fourth-order valence-electron chi connectivity index (χ4n) is 3.98. The molecule has 12 heteroatoms. The van der Waals surface area contributed by atoms with Crippen LogP contribution in [-0.4, -0.2) is 57.3 Å². The summed E-state index contributed by atoms with van der Waals surface area (Å²) in [4.78, 5) is 36.4. The molecule has 2 rings (SSSR count). The fourth-order valence-corrected chi connectivity index (χ4v) is 3.98. The van der Waals surface area contributed by atoms with E-state index in [1.165, 1.54) is 12.1 Å². The van der Waals surface area contributed by atoms with Crippen LogP contribution in [0.15, 0.2) is 30.3 Å². The van der Waals surface area contributed by atoms with Gasteiger partial charge in [-0.3, -0.25) is 9.59 Å². The van der Waals surface area contributed by atoms with E-state index in [1.54, 1.807) is 0 Å². The molecular formula is C29H36F4N2O6. The molecule has 226 valence electrons. The fraction of sp³-hybridized carbons (Fsp3) is 0.483. The number of ether oxygens (including phenoxy) is 3. The highest BCUT2D eigenvalue weighted by molar-refractivity contribution is 5.96. The van der Waals surface area contributed by atoms with Gasteiger partial charge in [0, 0.05) is 31.1 Å². The van der Waals surface area contributed by atoms with Gasteiger partial charge in [-0.15, -0.1) is 0 Å². The number of benzene rings is 2. The molecule has 0 aliphatic carbocycles. The molecule has 0 fully saturated rings. The number of hydrogen-bond acceptors (Lipinski definition) is 6. The molecule has 8 nitrogen and oxygen atoms in total. The maximum absolute atomic E-state index is 13.7. The summed E-state index contributed by atoms with van der Waals surface area (Å²) >= 11 is 0. The first kappa shape index (κ1) is 33.7. The highest BCUT2D eigenvalue weighted by Gasteiger charge is 2.24. The van der Waals surface area contributed by atoms with E-state index in [2.05, 4.69) is 43.1 Å². The molecule has 1 atom stereocenters. The van der Waals surface area contributed by atoms with Gasteiger partial charge in [-0.25, -0.2) is 13.6 Å². The minimum Gasteiger partial charge on any atom is -0.416 e. The van der Waals surface area contributed by atoms with Gasteiger partial charge in [0.25, 0.3) is 5.91 Å². The Hall–Kier alpha value is -3.51. The molecule has 0 saturated carbocycles. The monoisotopic (exact) mass is 584 g/mol. The third-order valence-electron chi connectivity index (χ3n) is 5.62. The highest BCUT2D eigenvalue weighted by Crippen LogP contribution is 2.27. The summed E-state index contributed by atoms with van der Waals surface area (Å²) < 4.78 is 69.3. The minimum atomic E-state index is -1.84. The number of amides is 2. The molecule has 0 saturated heterocycles. The maximum atomic E-state index is 13.7. The summed E-state index contributed by atoms with van der Waals surface area (Å²) in [5, 5.41) is 5.45. The van der Waals surface area contributed by atoms with Gasteiger partial charge < -0.3 is 24.8 Å². The van der Waals surface area contributed by atoms with E-state index in [4.69, 9.17) is 9.47 Å². The van der Waals surface area contributed by atoms with Crippen molar-refractivity contribution in [3.63, 3.8) is 0 Å². The quantitative estimate of drug-likeness (QED) is 0.103. The lowest BCUT2D eigenvalue weighted by atomic mass is 9.84. The van der Waals surface area contributed by atoms with Gasteiger partial charge in [0.05, 0.1) is 32.0 Å². The van der Waals surface area contributed by atoms with Gasteiger partial charge in [0.15, 0.2) is 11.6 Å². The largest absolute Gasteiger partial charge is 0.416 e. The molecule has 0 heterocycles. The Kier molecular flexibility index (Phi) is 13.2. The summed E-state index contributed by atoms with van der Waals surface area (Å²) in [6.07, 6.45) is 1.44. The van der Waals surface area contributed by atoms with E-state index in [9.17, 15) is 31.9 Å². The third-order valence-corrected chi connectivity index (χ3v) is 5.62. The first-order chi connectivity index (χ1) is 19.3. The van der Waals surface area contributed by atoms with Crippen LogP contribution < -0.4 is 15.4 Å². The van der Waals surface area contributed by atoms with Crippen molar-refractivity contribution in [1.29, 1.82) is 0 Å². The Morgan fingerprint density at radius 2 is 1.32 bits per heavy atom. The number of carbonyl (C=O) groups excluding carboxylic acids is 3. The van der Waals surface area contributed by atoms with Gasteiger partial charge in [-0.2, -0.15) is 8.78 Å². The van der Waals surface area contributed by atoms with Crippen LogP contribution in [0.25, 0.3) is 0 Å². The molecule has 0 aliphatic heterocycles. The van der Waals surface area contributed by atoms with Gasteiger partial charge >= 0.3 is 5.97 Å². The summed E-state index contributed by atoms with van der Waals surface area (Å²) in [7, 11) is 0. The van der Waals surface area contributed by atoms with Crippen molar-refractivity contribution in [2.45, 2.75) is 40.5 Å². The van der Waals surface area contributed by atoms with Crippen molar-refractivity contribution in [2.75, 3.05) is 39.5 Å². The lowest BCUT2D eigenvalue weighted by Crippen LogP contribution is -2.29. The number of rotatable bonds is 15. The van der Waals surface area contributed by atoms with Crippen LogP contribution in [0.4, 0.5) is 17.6 Å². The Labute approximate surface area is 236 Å². The molecule has 0 bridgehead atoms. The van der Waals surface area contributed by atoms with Crippen LogP contribution in [0, 0.1) is 34.6 Å². The number of halogens is 4. The van der Waals surface area contributed by atoms with Crippen molar-refractivity contribution in [1.82, 2.24) is 10.6 Å². The standard InChI is InChI=1S/C29H36F4N2O6/c1-18(17-29(2,3)4)15-23(36)34-9-11-39-13-14-40-12-10-35-27(37)19-5-7-20(8-6-19)28(38)41-26-24(32)21(30)16-22(31)25(26)33/h5-8,16,18H,9-15,17H2,1-4H3,(H,34,36)(H,35,37). The predicted molar refractivity (Wildman–Crippen MR) is 143 cm³/mol. The van der Waals surface area contributed by atoms with Gasteiger partial charge in [-0.05, 0) is 42.0 Å². The highest BCUT2D eigenvalue weighted by atomic mass is 19.2. The predicted octanol–water partition coefficient (Wildman–Crippen LogP) is 4.80. The van der Waals surface area contributed by atoms with Crippen molar-refractivity contribution >= 4 is 17.8 Å². The van der Waals surface area contributed by atoms with Crippen LogP contribution in [0.1, 0.15) is 61.3 Å². The second-order valence-electron chi connectivity index (χ2n) is 10.7. The molecule has 0 aromatic heterocycles. The zero-order chi connectivity index (χ0) is 30.6. The smallest absolute Gasteiger partial charge is 0.343 e. The Balaban J connectivity index is 1.60. The van der Waals surface area contributed by atoms with Crippen LogP contribution in [0.3, 0.4) is 0 Å². The second-order valence-corrected chi connectivity index (χ2v) is 10.7. The Morgan fingerprint density at radius 3 is 1.85 bits per heavy atom. The van der Waals surface area contributed by atoms with E-state index >= 15 is 0 Å². The van der Waals surface area contributed by atoms with Crippen LogP contribution >= 0.6 is 0 Å². The molecule has 2 N–H and O–H groups in total. The molecule has 0 aliphatic rings. The molecular weight excluding hydrogens is 548 g/mol.